The van der Waals surface area contributed by atoms with Gasteiger partial charge in [0.15, 0.2) is 0 Å². The minimum Gasteiger partial charge on any atom is -0.385 e. The zero-order valence-corrected chi connectivity index (χ0v) is 15.1. The van der Waals surface area contributed by atoms with Crippen molar-refractivity contribution in [3.8, 4) is 0 Å². The first kappa shape index (κ1) is 18.6. The van der Waals surface area contributed by atoms with E-state index in [1.54, 1.807) is 12.0 Å². The maximum absolute atomic E-state index is 12.6. The highest BCUT2D eigenvalue weighted by Crippen LogP contribution is 2.16. The molecule has 7 nitrogen and oxygen atoms in total. The van der Waals surface area contributed by atoms with E-state index in [0.29, 0.717) is 18.9 Å². The number of nitrogens with zero attached hydrogens (tertiary/aromatic N) is 3. The lowest BCUT2D eigenvalue weighted by Gasteiger charge is -2.34. The van der Waals surface area contributed by atoms with Crippen LogP contribution in [0.2, 0.25) is 0 Å². The Morgan fingerprint density at radius 1 is 1.29 bits per heavy atom. The van der Waals surface area contributed by atoms with E-state index >= 15 is 0 Å². The second-order valence-electron chi connectivity index (χ2n) is 7.20. The number of ether oxygens (including phenoxy) is 1. The zero-order valence-electron chi connectivity index (χ0n) is 15.1. The van der Waals surface area contributed by atoms with Crippen LogP contribution in [0.15, 0.2) is 11.0 Å². The summed E-state index contributed by atoms with van der Waals surface area (Å²) in [5.74, 6) is 0.354. The number of piperazine rings is 1. The van der Waals surface area contributed by atoms with Gasteiger partial charge in [-0.15, -0.1) is 0 Å². The standard InChI is InChI=1S/C17H28N4O3/c1-17(2,3)16-18-12-13(14(22)19-16)15(23)21-9-7-20(8-10-21)6-5-11-24-4/h12H,5-11H2,1-4H3,(H,18,19,22). The summed E-state index contributed by atoms with van der Waals surface area (Å²) in [6.07, 6.45) is 2.40. The Labute approximate surface area is 143 Å². The molecule has 24 heavy (non-hydrogen) atoms. The molecule has 7 heteroatoms. The fourth-order valence-electron chi connectivity index (χ4n) is 2.71. The van der Waals surface area contributed by atoms with Crippen molar-refractivity contribution in [1.82, 2.24) is 19.8 Å². The van der Waals surface area contributed by atoms with Gasteiger partial charge < -0.3 is 14.6 Å². The molecule has 1 saturated heterocycles. The first-order valence-electron chi connectivity index (χ1n) is 8.43. The Morgan fingerprint density at radius 3 is 2.50 bits per heavy atom. The fourth-order valence-corrected chi connectivity index (χ4v) is 2.71. The summed E-state index contributed by atoms with van der Waals surface area (Å²) < 4.78 is 5.06. The van der Waals surface area contributed by atoms with Crippen LogP contribution in [0.25, 0.3) is 0 Å². The summed E-state index contributed by atoms with van der Waals surface area (Å²) >= 11 is 0. The minimum absolute atomic E-state index is 0.121. The molecular weight excluding hydrogens is 308 g/mol. The number of nitrogens with one attached hydrogen (secondary N) is 1. The van der Waals surface area contributed by atoms with Crippen molar-refractivity contribution in [2.75, 3.05) is 46.4 Å². The van der Waals surface area contributed by atoms with E-state index in [1.165, 1.54) is 6.20 Å². The van der Waals surface area contributed by atoms with Gasteiger partial charge in [-0.05, 0) is 6.42 Å². The third-order valence-corrected chi connectivity index (χ3v) is 4.22. The lowest BCUT2D eigenvalue weighted by atomic mass is 9.96. The number of aromatic nitrogens is 2. The average molecular weight is 336 g/mol. The number of amides is 1. The van der Waals surface area contributed by atoms with Gasteiger partial charge in [0.1, 0.15) is 11.4 Å². The molecule has 1 fully saturated rings. The summed E-state index contributed by atoms with van der Waals surface area (Å²) in [5, 5.41) is 0. The van der Waals surface area contributed by atoms with E-state index in [4.69, 9.17) is 4.74 Å². The number of aromatic amines is 1. The topological polar surface area (TPSA) is 78.5 Å². The molecule has 134 valence electrons. The predicted molar refractivity (Wildman–Crippen MR) is 92.4 cm³/mol. The Hall–Kier alpha value is -1.73. The summed E-state index contributed by atoms with van der Waals surface area (Å²) in [6.45, 7) is 10.5. The SMILES string of the molecule is COCCCN1CCN(C(=O)c2cnc(C(C)(C)C)[nH]c2=O)CC1. The van der Waals surface area contributed by atoms with Gasteiger partial charge in [-0.2, -0.15) is 0 Å². The first-order chi connectivity index (χ1) is 11.3. The lowest BCUT2D eigenvalue weighted by Crippen LogP contribution is -2.49. The van der Waals surface area contributed by atoms with Crippen molar-refractivity contribution in [1.29, 1.82) is 0 Å². The number of methoxy groups -OCH3 is 1. The van der Waals surface area contributed by atoms with Crippen LogP contribution in [-0.2, 0) is 10.2 Å². The molecule has 0 unspecified atom stereocenters. The van der Waals surface area contributed by atoms with Crippen LogP contribution >= 0.6 is 0 Å². The molecule has 0 atom stereocenters. The van der Waals surface area contributed by atoms with Crippen LogP contribution in [0.4, 0.5) is 0 Å². The highest BCUT2D eigenvalue weighted by molar-refractivity contribution is 5.93. The predicted octanol–water partition coefficient (Wildman–Crippen LogP) is 0.862. The molecule has 1 aromatic heterocycles. The van der Waals surface area contributed by atoms with Crippen molar-refractivity contribution >= 4 is 5.91 Å². The number of hydrogen-bond acceptors (Lipinski definition) is 5. The van der Waals surface area contributed by atoms with Gasteiger partial charge in [-0.3, -0.25) is 14.5 Å². The van der Waals surface area contributed by atoms with Crippen molar-refractivity contribution in [3.63, 3.8) is 0 Å². The lowest BCUT2D eigenvalue weighted by molar-refractivity contribution is 0.0621. The molecule has 0 aliphatic carbocycles. The Bertz CT molecular complexity index is 613. The summed E-state index contributed by atoms with van der Waals surface area (Å²) in [5.41, 5.74) is -0.493. The van der Waals surface area contributed by atoms with Crippen LogP contribution < -0.4 is 5.56 Å². The molecule has 0 radical (unpaired) electrons. The Balaban J connectivity index is 1.97. The maximum atomic E-state index is 12.6. The molecule has 1 aliphatic rings. The molecule has 0 bridgehead atoms. The van der Waals surface area contributed by atoms with Crippen LogP contribution in [0, 0.1) is 0 Å². The highest BCUT2D eigenvalue weighted by atomic mass is 16.5. The van der Waals surface area contributed by atoms with E-state index in [2.05, 4.69) is 14.9 Å². The van der Waals surface area contributed by atoms with E-state index in [0.717, 1.165) is 32.7 Å². The van der Waals surface area contributed by atoms with E-state index < -0.39 is 0 Å². The van der Waals surface area contributed by atoms with Gasteiger partial charge in [0.2, 0.25) is 0 Å². The van der Waals surface area contributed by atoms with Gasteiger partial charge in [0, 0.05) is 58.1 Å². The van der Waals surface area contributed by atoms with Crippen molar-refractivity contribution in [2.24, 2.45) is 0 Å². The van der Waals surface area contributed by atoms with Gasteiger partial charge >= 0.3 is 0 Å². The van der Waals surface area contributed by atoms with E-state index in [-0.39, 0.29) is 22.4 Å². The first-order valence-corrected chi connectivity index (χ1v) is 8.43. The second kappa shape index (κ2) is 7.90. The number of hydrogen-bond donors (Lipinski definition) is 1. The Kier molecular flexibility index (Phi) is 6.12. The molecule has 0 aromatic carbocycles. The van der Waals surface area contributed by atoms with Gasteiger partial charge in [-0.25, -0.2) is 4.98 Å². The Morgan fingerprint density at radius 2 is 1.96 bits per heavy atom. The molecular formula is C17H28N4O3. The largest absolute Gasteiger partial charge is 0.385 e. The second-order valence-corrected chi connectivity index (χ2v) is 7.20. The fraction of sp³-hybridized carbons (Fsp3) is 0.706. The third kappa shape index (κ3) is 4.64. The molecule has 1 amide bonds. The molecule has 1 aromatic rings. The number of rotatable bonds is 5. The van der Waals surface area contributed by atoms with Crippen LogP contribution in [-0.4, -0.2) is 72.1 Å². The molecule has 0 spiro atoms. The molecule has 0 saturated carbocycles. The molecule has 1 aliphatic heterocycles. The molecule has 2 heterocycles. The minimum atomic E-state index is -0.359. The summed E-state index contributed by atoms with van der Waals surface area (Å²) in [4.78, 5) is 35.9. The number of H-pyrrole nitrogens is 1. The summed E-state index contributed by atoms with van der Waals surface area (Å²) in [6, 6.07) is 0. The quantitative estimate of drug-likeness (QED) is 0.807. The summed E-state index contributed by atoms with van der Waals surface area (Å²) in [7, 11) is 1.70. The zero-order chi connectivity index (χ0) is 17.7. The molecule has 2 rings (SSSR count). The van der Waals surface area contributed by atoms with Crippen LogP contribution in [0.1, 0.15) is 43.4 Å². The van der Waals surface area contributed by atoms with Crippen molar-refractivity contribution in [2.45, 2.75) is 32.6 Å². The van der Waals surface area contributed by atoms with E-state index in [9.17, 15) is 9.59 Å². The molecule has 1 N–H and O–H groups in total. The van der Waals surface area contributed by atoms with Crippen molar-refractivity contribution < 1.29 is 9.53 Å². The van der Waals surface area contributed by atoms with Crippen LogP contribution in [0.3, 0.4) is 0 Å². The smallest absolute Gasteiger partial charge is 0.263 e. The monoisotopic (exact) mass is 336 g/mol. The highest BCUT2D eigenvalue weighted by Gasteiger charge is 2.25. The van der Waals surface area contributed by atoms with Gasteiger partial charge in [0.25, 0.3) is 11.5 Å². The van der Waals surface area contributed by atoms with Crippen LogP contribution in [0.5, 0.6) is 0 Å². The van der Waals surface area contributed by atoms with Gasteiger partial charge in [-0.1, -0.05) is 20.8 Å². The third-order valence-electron chi connectivity index (χ3n) is 4.22. The van der Waals surface area contributed by atoms with Crippen molar-refractivity contribution in [3.05, 3.63) is 27.9 Å². The van der Waals surface area contributed by atoms with E-state index in [1.807, 2.05) is 20.8 Å². The number of carbonyl (C=O) groups excluding carboxylic acids is 1. The average Bonchev–Trinajstić information content (AvgIpc) is 2.54. The number of carbonyl (C=O) groups is 1. The normalized spacial score (nSPS) is 16.4. The van der Waals surface area contributed by atoms with Gasteiger partial charge in [0.05, 0.1) is 0 Å². The maximum Gasteiger partial charge on any atom is 0.263 e.